The fourth-order valence-electron chi connectivity index (χ4n) is 4.50. The summed E-state index contributed by atoms with van der Waals surface area (Å²) < 4.78 is 41.1. The summed E-state index contributed by atoms with van der Waals surface area (Å²) in [5, 5.41) is 0.393. The third-order valence-corrected chi connectivity index (χ3v) is 8.41. The number of nitrogens with zero attached hydrogens (tertiary/aromatic N) is 2. The van der Waals surface area contributed by atoms with Crippen LogP contribution in [0.25, 0.3) is 0 Å². The molecular formula is C26H28ClN3O4S. The first-order chi connectivity index (χ1) is 16.8. The van der Waals surface area contributed by atoms with Crippen LogP contribution in [0.5, 0.6) is 11.5 Å². The van der Waals surface area contributed by atoms with Gasteiger partial charge >= 0.3 is 0 Å². The summed E-state index contributed by atoms with van der Waals surface area (Å²) in [6.45, 7) is 3.44. The van der Waals surface area contributed by atoms with E-state index in [-0.39, 0.29) is 17.3 Å². The van der Waals surface area contributed by atoms with Crippen molar-refractivity contribution in [1.29, 1.82) is 0 Å². The Morgan fingerprint density at radius 1 is 1.17 bits per heavy atom. The Balaban J connectivity index is 1.46. The van der Waals surface area contributed by atoms with Crippen molar-refractivity contribution in [3.63, 3.8) is 0 Å². The van der Waals surface area contributed by atoms with E-state index in [1.807, 2.05) is 31.3 Å². The number of hydrogen-bond acceptors (Lipinski definition) is 6. The van der Waals surface area contributed by atoms with E-state index in [1.54, 1.807) is 19.1 Å². The standard InChI is InChI=1S/C26H28ClN3O4S/c1-17-20(27)7-5-9-25(17)35(31,32)29-26-24(15-19-6-3-4-8-21(19)28-26)34-16-18-10-11-23-22(14-18)30(2)12-13-33-23/h5,7,9-11,14-15H,3-4,6,8,12-13,16H2,1-2H3,(H,28,29). The van der Waals surface area contributed by atoms with Gasteiger partial charge in [0, 0.05) is 17.8 Å². The highest BCUT2D eigenvalue weighted by atomic mass is 35.5. The Hall–Kier alpha value is -2.97. The molecule has 0 amide bonds. The summed E-state index contributed by atoms with van der Waals surface area (Å²) >= 11 is 6.18. The highest BCUT2D eigenvalue weighted by Crippen LogP contribution is 2.35. The number of rotatable bonds is 6. The van der Waals surface area contributed by atoms with E-state index in [1.165, 1.54) is 6.07 Å². The van der Waals surface area contributed by atoms with Crippen LogP contribution in [0.4, 0.5) is 11.5 Å². The van der Waals surface area contributed by atoms with Crippen LogP contribution >= 0.6 is 11.6 Å². The Bertz CT molecular complexity index is 1380. The van der Waals surface area contributed by atoms with Gasteiger partial charge in [-0.3, -0.25) is 4.72 Å². The lowest BCUT2D eigenvalue weighted by Gasteiger charge is -2.28. The minimum atomic E-state index is -3.92. The molecule has 1 aromatic heterocycles. The highest BCUT2D eigenvalue weighted by molar-refractivity contribution is 7.92. The Labute approximate surface area is 211 Å². The van der Waals surface area contributed by atoms with Gasteiger partial charge in [0.1, 0.15) is 19.0 Å². The molecule has 1 N–H and O–H groups in total. The smallest absolute Gasteiger partial charge is 0.263 e. The van der Waals surface area contributed by atoms with Gasteiger partial charge in [-0.15, -0.1) is 0 Å². The normalized spacial score (nSPS) is 15.1. The van der Waals surface area contributed by atoms with Crippen molar-refractivity contribution in [1.82, 2.24) is 4.98 Å². The molecule has 0 bridgehead atoms. The van der Waals surface area contributed by atoms with Gasteiger partial charge in [-0.05, 0) is 79.6 Å². The maximum atomic E-state index is 13.3. The molecule has 0 spiro atoms. The molecule has 184 valence electrons. The van der Waals surface area contributed by atoms with Crippen LogP contribution in [-0.2, 0) is 29.5 Å². The van der Waals surface area contributed by atoms with Crippen LogP contribution in [0.1, 0.15) is 35.2 Å². The van der Waals surface area contributed by atoms with Crippen LogP contribution < -0.4 is 19.1 Å². The zero-order valence-electron chi connectivity index (χ0n) is 19.8. The summed E-state index contributed by atoms with van der Waals surface area (Å²) in [6.07, 6.45) is 3.83. The first kappa shape index (κ1) is 23.8. The molecule has 2 heterocycles. The van der Waals surface area contributed by atoms with Crippen molar-refractivity contribution in [2.75, 3.05) is 29.8 Å². The Morgan fingerprint density at radius 3 is 2.86 bits per heavy atom. The molecule has 3 aromatic rings. The number of likely N-dealkylation sites (N-methyl/N-ethyl adjacent to an activating group) is 1. The molecule has 0 radical (unpaired) electrons. The SMILES string of the molecule is Cc1c(Cl)cccc1S(=O)(=O)Nc1nc2c(cc1OCc1ccc3c(c1)N(C)CCO3)CCCC2. The third-order valence-electron chi connectivity index (χ3n) is 6.52. The van der Waals surface area contributed by atoms with Crippen molar-refractivity contribution < 1.29 is 17.9 Å². The van der Waals surface area contributed by atoms with Gasteiger partial charge in [0.15, 0.2) is 11.6 Å². The van der Waals surface area contributed by atoms with Gasteiger partial charge in [0.2, 0.25) is 0 Å². The second kappa shape index (κ2) is 9.59. The second-order valence-electron chi connectivity index (χ2n) is 8.98. The highest BCUT2D eigenvalue weighted by Gasteiger charge is 2.24. The second-order valence-corrected chi connectivity index (χ2v) is 11.0. The number of sulfonamides is 1. The number of ether oxygens (including phenoxy) is 2. The van der Waals surface area contributed by atoms with Crippen molar-refractivity contribution in [3.8, 4) is 11.5 Å². The number of benzene rings is 2. The molecule has 2 aromatic carbocycles. The Kier molecular flexibility index (Phi) is 6.51. The lowest BCUT2D eigenvalue weighted by molar-refractivity contribution is 0.301. The molecule has 0 unspecified atom stereocenters. The maximum Gasteiger partial charge on any atom is 0.263 e. The number of hydrogen-bond donors (Lipinski definition) is 1. The number of aromatic nitrogens is 1. The van der Waals surface area contributed by atoms with Crippen LogP contribution in [0.15, 0.2) is 47.4 Å². The topological polar surface area (TPSA) is 80.8 Å². The number of nitrogens with one attached hydrogen (secondary N) is 1. The Morgan fingerprint density at radius 2 is 2.00 bits per heavy atom. The molecule has 1 aliphatic heterocycles. The fourth-order valence-corrected chi connectivity index (χ4v) is 6.02. The summed E-state index contributed by atoms with van der Waals surface area (Å²) in [4.78, 5) is 6.96. The van der Waals surface area contributed by atoms with Crippen LogP contribution in [0.3, 0.4) is 0 Å². The van der Waals surface area contributed by atoms with Crippen molar-refractivity contribution >= 4 is 33.1 Å². The van der Waals surface area contributed by atoms with E-state index in [9.17, 15) is 8.42 Å². The summed E-state index contributed by atoms with van der Waals surface area (Å²) in [7, 11) is -1.89. The maximum absolute atomic E-state index is 13.3. The van der Waals surface area contributed by atoms with E-state index >= 15 is 0 Å². The third kappa shape index (κ3) is 4.90. The molecule has 7 nitrogen and oxygen atoms in total. The molecule has 5 rings (SSSR count). The molecule has 1 aliphatic carbocycles. The van der Waals surface area contributed by atoms with Crippen LogP contribution in [0, 0.1) is 6.92 Å². The lowest BCUT2D eigenvalue weighted by Crippen LogP contribution is -2.28. The average molecular weight is 514 g/mol. The van der Waals surface area contributed by atoms with Gasteiger partial charge in [-0.2, -0.15) is 0 Å². The first-order valence-corrected chi connectivity index (χ1v) is 13.6. The fraction of sp³-hybridized carbons (Fsp3) is 0.346. The molecule has 35 heavy (non-hydrogen) atoms. The first-order valence-electron chi connectivity index (χ1n) is 11.7. The quantitative estimate of drug-likeness (QED) is 0.492. The number of halogens is 1. The molecule has 9 heteroatoms. The number of fused-ring (bicyclic) bond motifs is 2. The monoisotopic (exact) mass is 513 g/mol. The summed E-state index contributed by atoms with van der Waals surface area (Å²) in [5.41, 5.74) is 4.47. The predicted molar refractivity (Wildman–Crippen MR) is 137 cm³/mol. The zero-order chi connectivity index (χ0) is 24.6. The van der Waals surface area contributed by atoms with Gasteiger partial charge < -0.3 is 14.4 Å². The molecule has 0 atom stereocenters. The van der Waals surface area contributed by atoms with Crippen molar-refractivity contribution in [3.05, 3.63) is 69.9 Å². The van der Waals surface area contributed by atoms with Gasteiger partial charge in [-0.25, -0.2) is 13.4 Å². The summed E-state index contributed by atoms with van der Waals surface area (Å²) in [6, 6.07) is 12.7. The summed E-state index contributed by atoms with van der Waals surface area (Å²) in [5.74, 6) is 1.46. The van der Waals surface area contributed by atoms with Gasteiger partial charge in [-0.1, -0.05) is 23.7 Å². The van der Waals surface area contributed by atoms with E-state index < -0.39 is 10.0 Å². The van der Waals surface area contributed by atoms with E-state index in [0.717, 1.165) is 60.5 Å². The van der Waals surface area contributed by atoms with Crippen molar-refractivity contribution in [2.24, 2.45) is 0 Å². The number of pyridine rings is 1. The van der Waals surface area contributed by atoms with Crippen molar-refractivity contribution in [2.45, 2.75) is 44.1 Å². The largest absolute Gasteiger partial charge is 0.490 e. The van der Waals surface area contributed by atoms with Gasteiger partial charge in [0.05, 0.1) is 17.1 Å². The minimum Gasteiger partial charge on any atom is -0.490 e. The minimum absolute atomic E-state index is 0.119. The number of anilines is 2. The van der Waals surface area contributed by atoms with Crippen LogP contribution in [-0.4, -0.2) is 33.6 Å². The van der Waals surface area contributed by atoms with E-state index in [2.05, 4.69) is 9.62 Å². The van der Waals surface area contributed by atoms with E-state index in [4.69, 9.17) is 26.1 Å². The molecular weight excluding hydrogens is 486 g/mol. The zero-order valence-corrected chi connectivity index (χ0v) is 21.4. The lowest BCUT2D eigenvalue weighted by atomic mass is 9.96. The molecule has 0 fully saturated rings. The van der Waals surface area contributed by atoms with E-state index in [0.29, 0.717) is 22.9 Å². The molecule has 0 saturated heterocycles. The molecule has 2 aliphatic rings. The van der Waals surface area contributed by atoms with Gasteiger partial charge in [0.25, 0.3) is 10.0 Å². The average Bonchev–Trinajstić information content (AvgIpc) is 2.84. The predicted octanol–water partition coefficient (Wildman–Crippen LogP) is 5.13. The number of aryl methyl sites for hydroxylation is 2. The molecule has 0 saturated carbocycles. The van der Waals surface area contributed by atoms with Crippen LogP contribution in [0.2, 0.25) is 5.02 Å².